The van der Waals surface area contributed by atoms with E-state index in [1.165, 1.54) is 4.88 Å². The van der Waals surface area contributed by atoms with Gasteiger partial charge in [0.25, 0.3) is 0 Å². The highest BCUT2D eigenvalue weighted by atomic mass is 32.1. The minimum atomic E-state index is 0.689. The summed E-state index contributed by atoms with van der Waals surface area (Å²) >= 11 is 1.71. The van der Waals surface area contributed by atoms with Crippen molar-refractivity contribution in [2.45, 2.75) is 20.4 Å². The Bertz CT molecular complexity index is 234. The summed E-state index contributed by atoms with van der Waals surface area (Å²) in [5.74, 6) is 0.689. The van der Waals surface area contributed by atoms with Crippen LogP contribution in [0.1, 0.15) is 18.7 Å². The summed E-state index contributed by atoms with van der Waals surface area (Å²) < 4.78 is 0. The molecular formula is C10H19N3S. The third-order valence-electron chi connectivity index (χ3n) is 1.93. The minimum Gasteiger partial charge on any atom is -0.329 e. The van der Waals surface area contributed by atoms with E-state index in [1.54, 1.807) is 11.3 Å². The molecule has 0 saturated carbocycles. The first-order chi connectivity index (χ1) is 6.72. The van der Waals surface area contributed by atoms with Gasteiger partial charge in [-0.1, -0.05) is 13.8 Å². The SMILES string of the molecule is CC(C)CN(CCN)Cc1cncs1. The van der Waals surface area contributed by atoms with Crippen LogP contribution in [0.15, 0.2) is 11.7 Å². The Morgan fingerprint density at radius 2 is 2.36 bits per heavy atom. The molecule has 0 aromatic carbocycles. The first-order valence-electron chi connectivity index (χ1n) is 5.02. The molecule has 0 atom stereocenters. The van der Waals surface area contributed by atoms with Gasteiger partial charge in [-0.2, -0.15) is 0 Å². The molecule has 1 aromatic rings. The van der Waals surface area contributed by atoms with E-state index in [0.717, 1.165) is 26.2 Å². The second-order valence-electron chi connectivity index (χ2n) is 3.89. The van der Waals surface area contributed by atoms with Gasteiger partial charge in [-0.05, 0) is 5.92 Å². The maximum atomic E-state index is 5.58. The lowest BCUT2D eigenvalue weighted by molar-refractivity contribution is 0.244. The normalized spacial score (nSPS) is 11.5. The van der Waals surface area contributed by atoms with E-state index < -0.39 is 0 Å². The molecule has 1 aromatic heterocycles. The molecule has 4 heteroatoms. The molecule has 0 amide bonds. The van der Waals surface area contributed by atoms with Gasteiger partial charge in [0.05, 0.1) is 5.51 Å². The van der Waals surface area contributed by atoms with Crippen molar-refractivity contribution in [3.05, 3.63) is 16.6 Å². The molecule has 0 radical (unpaired) electrons. The zero-order valence-electron chi connectivity index (χ0n) is 8.94. The van der Waals surface area contributed by atoms with Gasteiger partial charge < -0.3 is 5.73 Å². The second kappa shape index (κ2) is 6.11. The zero-order chi connectivity index (χ0) is 10.4. The summed E-state index contributed by atoms with van der Waals surface area (Å²) in [5.41, 5.74) is 7.46. The fourth-order valence-corrected chi connectivity index (χ4v) is 2.11. The van der Waals surface area contributed by atoms with Crippen molar-refractivity contribution in [2.75, 3.05) is 19.6 Å². The largest absolute Gasteiger partial charge is 0.329 e. The van der Waals surface area contributed by atoms with Gasteiger partial charge in [0, 0.05) is 37.3 Å². The van der Waals surface area contributed by atoms with Gasteiger partial charge in [-0.3, -0.25) is 9.88 Å². The van der Waals surface area contributed by atoms with Crippen LogP contribution in [0.4, 0.5) is 0 Å². The smallest absolute Gasteiger partial charge is 0.0794 e. The summed E-state index contributed by atoms with van der Waals surface area (Å²) in [6, 6.07) is 0. The molecule has 0 aliphatic carbocycles. The second-order valence-corrected chi connectivity index (χ2v) is 4.86. The van der Waals surface area contributed by atoms with Crippen molar-refractivity contribution in [3.63, 3.8) is 0 Å². The van der Waals surface area contributed by atoms with Crippen LogP contribution in [0.2, 0.25) is 0 Å². The molecule has 1 rings (SSSR count). The summed E-state index contributed by atoms with van der Waals surface area (Å²) in [6.07, 6.45) is 1.94. The lowest BCUT2D eigenvalue weighted by Gasteiger charge is -2.22. The number of thiazole rings is 1. The highest BCUT2D eigenvalue weighted by Gasteiger charge is 2.07. The van der Waals surface area contributed by atoms with Crippen molar-refractivity contribution >= 4 is 11.3 Å². The highest BCUT2D eigenvalue weighted by molar-refractivity contribution is 7.09. The first-order valence-corrected chi connectivity index (χ1v) is 5.90. The van der Waals surface area contributed by atoms with E-state index in [-0.39, 0.29) is 0 Å². The predicted molar refractivity (Wildman–Crippen MR) is 61.3 cm³/mol. The maximum Gasteiger partial charge on any atom is 0.0794 e. The number of rotatable bonds is 6. The van der Waals surface area contributed by atoms with Gasteiger partial charge in [-0.15, -0.1) is 11.3 Å². The number of nitrogens with two attached hydrogens (primary N) is 1. The monoisotopic (exact) mass is 213 g/mol. The van der Waals surface area contributed by atoms with Gasteiger partial charge >= 0.3 is 0 Å². The van der Waals surface area contributed by atoms with Crippen LogP contribution in [-0.4, -0.2) is 29.5 Å². The third kappa shape index (κ3) is 4.17. The average Bonchev–Trinajstić information content (AvgIpc) is 2.56. The van der Waals surface area contributed by atoms with Gasteiger partial charge in [0.15, 0.2) is 0 Å². The Balaban J connectivity index is 2.42. The molecule has 0 bridgehead atoms. The van der Waals surface area contributed by atoms with Crippen LogP contribution in [-0.2, 0) is 6.54 Å². The predicted octanol–water partition coefficient (Wildman–Crippen LogP) is 1.56. The quantitative estimate of drug-likeness (QED) is 0.780. The number of nitrogens with zero attached hydrogens (tertiary/aromatic N) is 2. The van der Waals surface area contributed by atoms with Crippen LogP contribution in [0.5, 0.6) is 0 Å². The van der Waals surface area contributed by atoms with Gasteiger partial charge in [-0.25, -0.2) is 0 Å². The summed E-state index contributed by atoms with van der Waals surface area (Å²) in [7, 11) is 0. The van der Waals surface area contributed by atoms with Crippen LogP contribution in [0.3, 0.4) is 0 Å². The van der Waals surface area contributed by atoms with E-state index in [9.17, 15) is 0 Å². The molecule has 0 spiro atoms. The summed E-state index contributed by atoms with van der Waals surface area (Å²) in [4.78, 5) is 7.78. The lowest BCUT2D eigenvalue weighted by Crippen LogP contribution is -2.31. The molecule has 80 valence electrons. The lowest BCUT2D eigenvalue weighted by atomic mass is 10.2. The fourth-order valence-electron chi connectivity index (χ4n) is 1.47. The Labute approximate surface area is 89.9 Å². The van der Waals surface area contributed by atoms with Crippen LogP contribution >= 0.6 is 11.3 Å². The van der Waals surface area contributed by atoms with Crippen LogP contribution in [0, 0.1) is 5.92 Å². The molecule has 1 heterocycles. The Morgan fingerprint density at radius 3 is 2.86 bits per heavy atom. The van der Waals surface area contributed by atoms with Crippen molar-refractivity contribution < 1.29 is 0 Å². The van der Waals surface area contributed by atoms with Crippen molar-refractivity contribution in [1.29, 1.82) is 0 Å². The van der Waals surface area contributed by atoms with Crippen LogP contribution < -0.4 is 5.73 Å². The standard InChI is InChI=1S/C10H19N3S/c1-9(2)6-13(4-3-11)7-10-5-12-8-14-10/h5,8-9H,3-4,6-7,11H2,1-2H3. The number of hydrogen-bond acceptors (Lipinski definition) is 4. The molecule has 0 fully saturated rings. The molecule has 0 aliphatic heterocycles. The number of aromatic nitrogens is 1. The Kier molecular flexibility index (Phi) is 5.07. The third-order valence-corrected chi connectivity index (χ3v) is 2.70. The van der Waals surface area contributed by atoms with E-state index in [4.69, 9.17) is 5.73 Å². The van der Waals surface area contributed by atoms with Gasteiger partial charge in [0.2, 0.25) is 0 Å². The van der Waals surface area contributed by atoms with E-state index >= 15 is 0 Å². The topological polar surface area (TPSA) is 42.1 Å². The van der Waals surface area contributed by atoms with E-state index in [0.29, 0.717) is 5.92 Å². The minimum absolute atomic E-state index is 0.689. The van der Waals surface area contributed by atoms with Crippen LogP contribution in [0.25, 0.3) is 0 Å². The molecule has 3 nitrogen and oxygen atoms in total. The molecule has 0 unspecified atom stereocenters. The highest BCUT2D eigenvalue weighted by Crippen LogP contribution is 2.10. The van der Waals surface area contributed by atoms with E-state index in [1.807, 2.05) is 11.7 Å². The van der Waals surface area contributed by atoms with Gasteiger partial charge in [0.1, 0.15) is 0 Å². The summed E-state index contributed by atoms with van der Waals surface area (Å²) in [6.45, 7) is 8.25. The molecular weight excluding hydrogens is 194 g/mol. The maximum absolute atomic E-state index is 5.58. The van der Waals surface area contributed by atoms with Crippen molar-refractivity contribution in [1.82, 2.24) is 9.88 Å². The average molecular weight is 213 g/mol. The fraction of sp³-hybridized carbons (Fsp3) is 0.700. The molecule has 0 aliphatic rings. The first kappa shape index (κ1) is 11.6. The zero-order valence-corrected chi connectivity index (χ0v) is 9.76. The Hall–Kier alpha value is -0.450. The van der Waals surface area contributed by atoms with E-state index in [2.05, 4.69) is 23.7 Å². The Morgan fingerprint density at radius 1 is 1.57 bits per heavy atom. The summed E-state index contributed by atoms with van der Waals surface area (Å²) in [5, 5.41) is 0. The molecule has 14 heavy (non-hydrogen) atoms. The molecule has 0 saturated heterocycles. The number of hydrogen-bond donors (Lipinski definition) is 1. The van der Waals surface area contributed by atoms with Crippen molar-refractivity contribution in [2.24, 2.45) is 11.7 Å². The van der Waals surface area contributed by atoms with Crippen molar-refractivity contribution in [3.8, 4) is 0 Å². The molecule has 2 N–H and O–H groups in total.